The van der Waals surface area contributed by atoms with E-state index < -0.39 is 0 Å². The van der Waals surface area contributed by atoms with Crippen molar-refractivity contribution in [3.8, 4) is 0 Å². The van der Waals surface area contributed by atoms with E-state index in [1.54, 1.807) is 7.11 Å². The molecule has 15 heavy (non-hydrogen) atoms. The zero-order valence-electron chi connectivity index (χ0n) is 10.6. The van der Waals surface area contributed by atoms with Gasteiger partial charge in [-0.3, -0.25) is 0 Å². The second kappa shape index (κ2) is 6.46. The van der Waals surface area contributed by atoms with E-state index in [-0.39, 0.29) is 0 Å². The Morgan fingerprint density at radius 3 is 2.73 bits per heavy atom. The molecule has 1 aliphatic rings. The molecule has 0 aromatic carbocycles. The molecule has 90 valence electrons. The number of methoxy groups -OCH3 is 1. The van der Waals surface area contributed by atoms with Crippen LogP contribution in [0.25, 0.3) is 0 Å². The number of nitrogens with one attached hydrogen (secondary N) is 1. The van der Waals surface area contributed by atoms with Gasteiger partial charge in [0, 0.05) is 26.2 Å². The predicted molar refractivity (Wildman–Crippen MR) is 64.1 cm³/mol. The van der Waals surface area contributed by atoms with Gasteiger partial charge in [-0.25, -0.2) is 0 Å². The van der Waals surface area contributed by atoms with Gasteiger partial charge in [-0.2, -0.15) is 0 Å². The van der Waals surface area contributed by atoms with E-state index in [1.807, 2.05) is 0 Å². The summed E-state index contributed by atoms with van der Waals surface area (Å²) >= 11 is 0. The minimum absolute atomic E-state index is 0.617. The number of hydrogen-bond acceptors (Lipinski definition) is 3. The summed E-state index contributed by atoms with van der Waals surface area (Å²) in [7, 11) is 3.86. The first-order valence-electron chi connectivity index (χ1n) is 6.06. The zero-order valence-corrected chi connectivity index (χ0v) is 10.6. The molecule has 1 heterocycles. The monoisotopic (exact) mass is 214 g/mol. The molecule has 0 aliphatic carbocycles. The van der Waals surface area contributed by atoms with Gasteiger partial charge in [-0.05, 0) is 31.8 Å². The molecule has 0 aromatic rings. The molecule has 2 unspecified atom stereocenters. The van der Waals surface area contributed by atoms with Crippen molar-refractivity contribution < 1.29 is 4.74 Å². The Morgan fingerprint density at radius 2 is 2.20 bits per heavy atom. The summed E-state index contributed by atoms with van der Waals surface area (Å²) in [5.41, 5.74) is 0. The van der Waals surface area contributed by atoms with E-state index in [0.29, 0.717) is 12.0 Å². The number of rotatable bonds is 6. The minimum Gasteiger partial charge on any atom is -0.384 e. The first-order chi connectivity index (χ1) is 7.17. The highest BCUT2D eigenvalue weighted by Crippen LogP contribution is 2.17. The highest BCUT2D eigenvalue weighted by molar-refractivity contribution is 4.80. The molecule has 1 N–H and O–H groups in total. The van der Waals surface area contributed by atoms with Crippen molar-refractivity contribution in [2.75, 3.05) is 40.4 Å². The molecule has 0 aromatic heterocycles. The van der Waals surface area contributed by atoms with Crippen LogP contribution in [0.15, 0.2) is 0 Å². The third-order valence-electron chi connectivity index (χ3n) is 3.40. The highest BCUT2D eigenvalue weighted by Gasteiger charge is 2.24. The maximum Gasteiger partial charge on any atom is 0.0503 e. The van der Waals surface area contributed by atoms with E-state index in [0.717, 1.165) is 12.5 Å². The van der Waals surface area contributed by atoms with Gasteiger partial charge in [-0.15, -0.1) is 0 Å². The summed E-state index contributed by atoms with van der Waals surface area (Å²) in [4.78, 5) is 2.56. The molecular weight excluding hydrogens is 188 g/mol. The van der Waals surface area contributed by atoms with Gasteiger partial charge in [0.15, 0.2) is 0 Å². The molecule has 0 bridgehead atoms. The Morgan fingerprint density at radius 1 is 1.47 bits per heavy atom. The smallest absolute Gasteiger partial charge is 0.0503 e. The second-order valence-electron chi connectivity index (χ2n) is 5.01. The largest absolute Gasteiger partial charge is 0.384 e. The summed E-state index contributed by atoms with van der Waals surface area (Å²) in [5.74, 6) is 1.45. The van der Waals surface area contributed by atoms with Crippen molar-refractivity contribution in [1.82, 2.24) is 10.2 Å². The lowest BCUT2D eigenvalue weighted by Gasteiger charge is -2.26. The Labute approximate surface area is 94.2 Å². The molecule has 1 saturated heterocycles. The van der Waals surface area contributed by atoms with Gasteiger partial charge >= 0.3 is 0 Å². The van der Waals surface area contributed by atoms with Crippen LogP contribution >= 0.6 is 0 Å². The fourth-order valence-corrected chi connectivity index (χ4v) is 2.36. The summed E-state index contributed by atoms with van der Waals surface area (Å²) in [6.07, 6.45) is 1.29. The van der Waals surface area contributed by atoms with Crippen LogP contribution in [0.3, 0.4) is 0 Å². The summed E-state index contributed by atoms with van der Waals surface area (Å²) in [6.45, 7) is 9.10. The molecule has 0 spiro atoms. The van der Waals surface area contributed by atoms with E-state index in [2.05, 4.69) is 31.1 Å². The van der Waals surface area contributed by atoms with Crippen molar-refractivity contribution in [1.29, 1.82) is 0 Å². The molecule has 0 amide bonds. The molecular formula is C12H26N2O. The molecule has 1 fully saturated rings. The molecule has 3 nitrogen and oxygen atoms in total. The van der Waals surface area contributed by atoms with E-state index in [4.69, 9.17) is 4.74 Å². The van der Waals surface area contributed by atoms with Gasteiger partial charge in [-0.1, -0.05) is 13.8 Å². The van der Waals surface area contributed by atoms with Gasteiger partial charge in [0.05, 0.1) is 6.61 Å². The average Bonchev–Trinajstić information content (AvgIpc) is 2.62. The van der Waals surface area contributed by atoms with Crippen LogP contribution in [0, 0.1) is 11.8 Å². The van der Waals surface area contributed by atoms with Gasteiger partial charge in [0.2, 0.25) is 0 Å². The molecule has 3 heteroatoms. The van der Waals surface area contributed by atoms with Crippen molar-refractivity contribution in [2.45, 2.75) is 26.3 Å². The van der Waals surface area contributed by atoms with Gasteiger partial charge in [0.25, 0.3) is 0 Å². The highest BCUT2D eigenvalue weighted by atomic mass is 16.5. The standard InChI is InChI=1S/C12H26N2O/c1-10(2)12(13-3)8-14-6-5-11(7-14)9-15-4/h10-13H,5-9H2,1-4H3. The van der Waals surface area contributed by atoms with Crippen molar-refractivity contribution in [2.24, 2.45) is 11.8 Å². The third kappa shape index (κ3) is 4.09. The van der Waals surface area contributed by atoms with Gasteiger partial charge < -0.3 is 15.0 Å². The zero-order chi connectivity index (χ0) is 11.3. The minimum atomic E-state index is 0.617. The number of hydrogen-bond donors (Lipinski definition) is 1. The predicted octanol–water partition coefficient (Wildman–Crippen LogP) is 1.20. The molecule has 1 aliphatic heterocycles. The van der Waals surface area contributed by atoms with Crippen LogP contribution in [0.1, 0.15) is 20.3 Å². The Balaban J connectivity index is 2.28. The number of ether oxygens (including phenoxy) is 1. The van der Waals surface area contributed by atoms with Crippen LogP contribution in [0.4, 0.5) is 0 Å². The van der Waals surface area contributed by atoms with Gasteiger partial charge in [0.1, 0.15) is 0 Å². The fraction of sp³-hybridized carbons (Fsp3) is 1.00. The van der Waals surface area contributed by atoms with Crippen LogP contribution in [-0.4, -0.2) is 51.3 Å². The first-order valence-corrected chi connectivity index (χ1v) is 6.06. The van der Waals surface area contributed by atoms with Crippen molar-refractivity contribution in [3.05, 3.63) is 0 Å². The van der Waals surface area contributed by atoms with E-state index >= 15 is 0 Å². The normalized spacial score (nSPS) is 25.0. The molecule has 0 radical (unpaired) electrons. The summed E-state index contributed by atoms with van der Waals surface area (Å²) in [5, 5.41) is 3.40. The Hall–Kier alpha value is -0.120. The van der Waals surface area contributed by atoms with Crippen LogP contribution < -0.4 is 5.32 Å². The molecule has 0 saturated carbocycles. The molecule has 2 atom stereocenters. The number of likely N-dealkylation sites (tertiary alicyclic amines) is 1. The number of likely N-dealkylation sites (N-methyl/N-ethyl adjacent to an activating group) is 1. The quantitative estimate of drug-likeness (QED) is 0.719. The topological polar surface area (TPSA) is 24.5 Å². The summed E-state index contributed by atoms with van der Waals surface area (Å²) in [6, 6.07) is 0.617. The maximum atomic E-state index is 5.21. The second-order valence-corrected chi connectivity index (χ2v) is 5.01. The fourth-order valence-electron chi connectivity index (χ4n) is 2.36. The third-order valence-corrected chi connectivity index (χ3v) is 3.40. The Bertz CT molecular complexity index is 173. The first kappa shape index (κ1) is 12.9. The van der Waals surface area contributed by atoms with Crippen LogP contribution in [0.2, 0.25) is 0 Å². The summed E-state index contributed by atoms with van der Waals surface area (Å²) < 4.78 is 5.21. The molecule has 1 rings (SSSR count). The van der Waals surface area contributed by atoms with E-state index in [9.17, 15) is 0 Å². The van der Waals surface area contributed by atoms with Crippen molar-refractivity contribution >= 4 is 0 Å². The Kier molecular flexibility index (Phi) is 5.58. The lowest BCUT2D eigenvalue weighted by Crippen LogP contribution is -2.42. The average molecular weight is 214 g/mol. The van der Waals surface area contributed by atoms with Crippen LogP contribution in [0.5, 0.6) is 0 Å². The van der Waals surface area contributed by atoms with Crippen molar-refractivity contribution in [3.63, 3.8) is 0 Å². The lowest BCUT2D eigenvalue weighted by atomic mass is 10.0. The number of nitrogens with zero attached hydrogens (tertiary/aromatic N) is 1. The van der Waals surface area contributed by atoms with E-state index in [1.165, 1.54) is 26.1 Å². The lowest BCUT2D eigenvalue weighted by molar-refractivity contribution is 0.151. The SMILES string of the molecule is CNC(CN1CCC(COC)C1)C(C)C. The van der Waals surface area contributed by atoms with Crippen LogP contribution in [-0.2, 0) is 4.74 Å². The maximum absolute atomic E-state index is 5.21.